The summed E-state index contributed by atoms with van der Waals surface area (Å²) in [6, 6.07) is 13.8. The Morgan fingerprint density at radius 1 is 1.13 bits per heavy atom. The number of hydrogen-bond donors (Lipinski definition) is 2. The second kappa shape index (κ2) is 11.1. The van der Waals surface area contributed by atoms with Crippen LogP contribution in [0.2, 0.25) is 0 Å². The van der Waals surface area contributed by atoms with E-state index >= 15 is 0 Å². The molecule has 0 spiro atoms. The van der Waals surface area contributed by atoms with Gasteiger partial charge in [-0.3, -0.25) is 14.8 Å². The molecule has 1 fully saturated rings. The molecular weight excluding hydrogens is 402 g/mol. The molecule has 1 saturated heterocycles. The Kier molecular flexibility index (Phi) is 8.00. The molecule has 5 nitrogen and oxygen atoms in total. The maximum absolute atomic E-state index is 4.46. The summed E-state index contributed by atoms with van der Waals surface area (Å²) in [6.45, 7) is 6.50. The Labute approximate surface area is 191 Å². The van der Waals surface area contributed by atoms with Gasteiger partial charge in [0, 0.05) is 50.7 Å². The van der Waals surface area contributed by atoms with Gasteiger partial charge in [0.1, 0.15) is 0 Å². The van der Waals surface area contributed by atoms with Crippen molar-refractivity contribution < 1.29 is 0 Å². The molecule has 2 aromatic rings. The van der Waals surface area contributed by atoms with Gasteiger partial charge in [-0.05, 0) is 67.8 Å². The average molecular weight is 440 g/mol. The van der Waals surface area contributed by atoms with Gasteiger partial charge in [-0.2, -0.15) is 0 Å². The molecule has 1 aromatic carbocycles. The third kappa shape index (κ3) is 5.88. The number of likely N-dealkylation sites (tertiary alicyclic amines) is 1. The van der Waals surface area contributed by atoms with Crippen molar-refractivity contribution in [1.29, 1.82) is 0 Å². The Morgan fingerprint density at radius 3 is 2.81 bits per heavy atom. The number of benzene rings is 1. The topological polar surface area (TPSA) is 42.9 Å². The largest absolute Gasteiger partial charge is 0.356 e. The third-order valence-electron chi connectivity index (χ3n) is 6.75. The molecule has 31 heavy (non-hydrogen) atoms. The number of guanidine groups is 1. The van der Waals surface area contributed by atoms with Crippen LogP contribution in [0.5, 0.6) is 0 Å². The van der Waals surface area contributed by atoms with Gasteiger partial charge in [0.2, 0.25) is 0 Å². The predicted octanol–water partition coefficient (Wildman–Crippen LogP) is 3.74. The lowest BCUT2D eigenvalue weighted by molar-refractivity contribution is 0.125. The van der Waals surface area contributed by atoms with E-state index in [1.54, 1.807) is 0 Å². The first kappa shape index (κ1) is 22.3. The molecule has 2 N–H and O–H groups in total. The van der Waals surface area contributed by atoms with E-state index in [1.165, 1.54) is 48.4 Å². The van der Waals surface area contributed by atoms with Crippen molar-refractivity contribution in [3.8, 4) is 0 Å². The van der Waals surface area contributed by atoms with Crippen LogP contribution in [0.15, 0.2) is 46.8 Å². The van der Waals surface area contributed by atoms with E-state index in [1.807, 2.05) is 18.4 Å². The van der Waals surface area contributed by atoms with Crippen molar-refractivity contribution in [3.63, 3.8) is 0 Å². The van der Waals surface area contributed by atoms with Crippen LogP contribution in [0, 0.1) is 5.92 Å². The smallest absolute Gasteiger partial charge is 0.190 e. The van der Waals surface area contributed by atoms with Crippen molar-refractivity contribution in [2.24, 2.45) is 10.9 Å². The molecule has 2 aliphatic heterocycles. The fraction of sp³-hybridized carbons (Fsp3) is 0.560. The fourth-order valence-electron chi connectivity index (χ4n) is 5.09. The van der Waals surface area contributed by atoms with E-state index in [0.717, 1.165) is 38.6 Å². The van der Waals surface area contributed by atoms with E-state index in [-0.39, 0.29) is 0 Å². The minimum atomic E-state index is 0.515. The number of aliphatic imine (C=N–C) groups is 1. The highest BCUT2D eigenvalue weighted by Crippen LogP contribution is 2.36. The van der Waals surface area contributed by atoms with Gasteiger partial charge in [-0.15, -0.1) is 11.3 Å². The molecule has 6 heteroatoms. The van der Waals surface area contributed by atoms with E-state index in [9.17, 15) is 0 Å². The zero-order chi connectivity index (χ0) is 21.5. The van der Waals surface area contributed by atoms with Crippen molar-refractivity contribution in [1.82, 2.24) is 20.4 Å². The van der Waals surface area contributed by atoms with Gasteiger partial charge >= 0.3 is 0 Å². The molecule has 0 amide bonds. The first-order chi connectivity index (χ1) is 15.2. The van der Waals surface area contributed by atoms with Crippen LogP contribution >= 0.6 is 11.3 Å². The minimum absolute atomic E-state index is 0.515. The SMILES string of the molecule is CN=C(NCCCN1CCc2ccccc2C1)NCC1CCCN(C)C1c1cccs1. The monoisotopic (exact) mass is 439 g/mol. The van der Waals surface area contributed by atoms with Crippen LogP contribution in [-0.4, -0.2) is 62.6 Å². The first-order valence-electron chi connectivity index (χ1n) is 11.7. The number of nitrogens with one attached hydrogen (secondary N) is 2. The first-order valence-corrected chi connectivity index (χ1v) is 12.6. The van der Waals surface area contributed by atoms with Crippen LogP contribution in [0.1, 0.15) is 41.3 Å². The van der Waals surface area contributed by atoms with Gasteiger partial charge in [0.25, 0.3) is 0 Å². The highest BCUT2D eigenvalue weighted by atomic mass is 32.1. The predicted molar refractivity (Wildman–Crippen MR) is 132 cm³/mol. The van der Waals surface area contributed by atoms with Crippen LogP contribution in [0.25, 0.3) is 0 Å². The number of nitrogens with zero attached hydrogens (tertiary/aromatic N) is 3. The molecule has 0 aliphatic carbocycles. The summed E-state index contributed by atoms with van der Waals surface area (Å²) in [5, 5.41) is 9.33. The van der Waals surface area contributed by atoms with Crippen LogP contribution < -0.4 is 10.6 Å². The number of thiophene rings is 1. The zero-order valence-electron chi connectivity index (χ0n) is 19.0. The summed E-state index contributed by atoms with van der Waals surface area (Å²) in [4.78, 5) is 11.0. The Morgan fingerprint density at radius 2 is 2.00 bits per heavy atom. The van der Waals surface area contributed by atoms with Crippen molar-refractivity contribution in [3.05, 3.63) is 57.8 Å². The summed E-state index contributed by atoms with van der Waals surface area (Å²) in [6.07, 6.45) is 4.85. The molecule has 2 unspecified atom stereocenters. The van der Waals surface area contributed by atoms with Gasteiger partial charge in [0.05, 0.1) is 0 Å². The molecular formula is C25H37N5S. The van der Waals surface area contributed by atoms with Crippen molar-refractivity contribution >= 4 is 17.3 Å². The van der Waals surface area contributed by atoms with Crippen LogP contribution in [0.4, 0.5) is 0 Å². The van der Waals surface area contributed by atoms with E-state index in [0.29, 0.717) is 12.0 Å². The number of piperidine rings is 1. The lowest BCUT2D eigenvalue weighted by atomic mass is 9.88. The maximum Gasteiger partial charge on any atom is 0.190 e. The Balaban J connectivity index is 1.19. The standard InChI is InChI=1S/C25H37N5S/c1-26-25(27-13-7-15-30-16-12-20-8-3-4-9-22(20)19-30)28-18-21-10-5-14-29(2)24(21)23-11-6-17-31-23/h3-4,6,8-9,11,17,21,24H,5,7,10,12-16,18-19H2,1-2H3,(H2,26,27,28). The normalized spacial score (nSPS) is 22.8. The van der Waals surface area contributed by atoms with E-state index < -0.39 is 0 Å². The quantitative estimate of drug-likeness (QED) is 0.392. The van der Waals surface area contributed by atoms with E-state index in [4.69, 9.17) is 0 Å². The summed E-state index contributed by atoms with van der Waals surface area (Å²) >= 11 is 1.88. The highest BCUT2D eigenvalue weighted by Gasteiger charge is 2.31. The highest BCUT2D eigenvalue weighted by molar-refractivity contribution is 7.10. The van der Waals surface area contributed by atoms with E-state index in [2.05, 4.69) is 74.3 Å². The third-order valence-corrected chi connectivity index (χ3v) is 7.69. The summed E-state index contributed by atoms with van der Waals surface area (Å²) < 4.78 is 0. The molecule has 168 valence electrons. The molecule has 3 heterocycles. The van der Waals surface area contributed by atoms with Crippen molar-refractivity contribution in [2.75, 3.05) is 46.8 Å². The maximum atomic E-state index is 4.46. The minimum Gasteiger partial charge on any atom is -0.356 e. The molecule has 0 saturated carbocycles. The number of hydrogen-bond acceptors (Lipinski definition) is 4. The molecule has 2 aliphatic rings. The van der Waals surface area contributed by atoms with Gasteiger partial charge in [-0.1, -0.05) is 30.3 Å². The fourth-order valence-corrected chi connectivity index (χ4v) is 6.07. The van der Waals surface area contributed by atoms with Crippen molar-refractivity contribution in [2.45, 2.75) is 38.3 Å². The van der Waals surface area contributed by atoms with Gasteiger partial charge in [0.15, 0.2) is 5.96 Å². The molecule has 2 atom stereocenters. The second-order valence-electron chi connectivity index (χ2n) is 8.87. The van der Waals surface area contributed by atoms with Crippen LogP contribution in [-0.2, 0) is 13.0 Å². The summed E-state index contributed by atoms with van der Waals surface area (Å²) in [5.41, 5.74) is 3.02. The lowest BCUT2D eigenvalue weighted by Gasteiger charge is -2.39. The van der Waals surface area contributed by atoms with Crippen LogP contribution in [0.3, 0.4) is 0 Å². The molecule has 0 radical (unpaired) electrons. The van der Waals surface area contributed by atoms with Gasteiger partial charge in [-0.25, -0.2) is 0 Å². The van der Waals surface area contributed by atoms with Gasteiger partial charge < -0.3 is 10.6 Å². The molecule has 4 rings (SSSR count). The summed E-state index contributed by atoms with van der Waals surface area (Å²) in [5.74, 6) is 1.55. The molecule has 1 aromatic heterocycles. The zero-order valence-corrected chi connectivity index (χ0v) is 19.8. The summed E-state index contributed by atoms with van der Waals surface area (Å²) in [7, 11) is 4.14. The Hall–Kier alpha value is -1.89. The number of fused-ring (bicyclic) bond motifs is 1. The Bertz CT molecular complexity index is 834. The molecule has 0 bridgehead atoms. The number of rotatable bonds is 7. The average Bonchev–Trinajstić information content (AvgIpc) is 3.33. The lowest BCUT2D eigenvalue weighted by Crippen LogP contribution is -2.45. The second-order valence-corrected chi connectivity index (χ2v) is 9.85.